The molecule has 0 aliphatic carbocycles. The third kappa shape index (κ3) is 3.48. The molecule has 0 atom stereocenters. The van der Waals surface area contributed by atoms with Crippen LogP contribution in [0.25, 0.3) is 10.2 Å². The molecule has 8 heteroatoms. The minimum atomic E-state index is -0.476. The number of anilines is 2. The molecule has 0 spiro atoms. The first kappa shape index (κ1) is 17.4. The lowest BCUT2D eigenvalue weighted by atomic mass is 10.1. The molecule has 1 aliphatic heterocycles. The number of benzene rings is 2. The fourth-order valence-corrected chi connectivity index (χ4v) is 4.24. The first-order valence-corrected chi connectivity index (χ1v) is 9.55. The molecular formula is C19H18N4O3S. The number of nitro benzene ring substituents is 1. The minimum absolute atomic E-state index is 0.0865. The number of hydrogen-bond donors (Lipinski definition) is 1. The second kappa shape index (κ2) is 6.96. The number of amides is 1. The van der Waals surface area contributed by atoms with Crippen molar-refractivity contribution in [3.05, 3.63) is 57.1 Å². The molecule has 7 nitrogen and oxygen atoms in total. The van der Waals surface area contributed by atoms with Gasteiger partial charge in [-0.25, -0.2) is 4.98 Å². The fourth-order valence-electron chi connectivity index (χ4n) is 3.37. The van der Waals surface area contributed by atoms with Crippen LogP contribution in [0.1, 0.15) is 28.2 Å². The topological polar surface area (TPSA) is 88.4 Å². The molecule has 1 N–H and O–H groups in total. The molecule has 1 aliphatic rings. The lowest BCUT2D eigenvalue weighted by molar-refractivity contribution is -0.384. The SMILES string of the molecule is Cc1nc2ccc(NC(=O)c3cc([N+](=O)[O-])ccc3N3CCCC3)cc2s1. The highest BCUT2D eigenvalue weighted by molar-refractivity contribution is 7.18. The Morgan fingerprint density at radius 1 is 1.22 bits per heavy atom. The van der Waals surface area contributed by atoms with Crippen LogP contribution < -0.4 is 10.2 Å². The van der Waals surface area contributed by atoms with Crippen LogP contribution in [0.3, 0.4) is 0 Å². The van der Waals surface area contributed by atoms with Gasteiger partial charge in [-0.2, -0.15) is 0 Å². The molecular weight excluding hydrogens is 364 g/mol. The van der Waals surface area contributed by atoms with Gasteiger partial charge in [0.15, 0.2) is 0 Å². The molecule has 0 saturated carbocycles. The Hall–Kier alpha value is -3.00. The number of carbonyl (C=O) groups excluding carboxylic acids is 1. The van der Waals surface area contributed by atoms with Crippen molar-refractivity contribution in [3.63, 3.8) is 0 Å². The molecule has 1 amide bonds. The van der Waals surface area contributed by atoms with Gasteiger partial charge in [-0.15, -0.1) is 11.3 Å². The van der Waals surface area contributed by atoms with Gasteiger partial charge in [0.05, 0.1) is 31.4 Å². The third-order valence-electron chi connectivity index (χ3n) is 4.64. The van der Waals surface area contributed by atoms with Crippen LogP contribution in [0, 0.1) is 17.0 Å². The summed E-state index contributed by atoms with van der Waals surface area (Å²) < 4.78 is 0.990. The fraction of sp³-hybridized carbons (Fsp3) is 0.263. The number of nitrogens with zero attached hydrogens (tertiary/aromatic N) is 3. The number of aryl methyl sites for hydroxylation is 1. The minimum Gasteiger partial charge on any atom is -0.371 e. The van der Waals surface area contributed by atoms with Crippen molar-refractivity contribution in [3.8, 4) is 0 Å². The number of nitrogens with one attached hydrogen (secondary N) is 1. The molecule has 2 heterocycles. The van der Waals surface area contributed by atoms with E-state index >= 15 is 0 Å². The summed E-state index contributed by atoms with van der Waals surface area (Å²) in [4.78, 5) is 30.1. The van der Waals surface area contributed by atoms with Crippen molar-refractivity contribution in [2.75, 3.05) is 23.3 Å². The third-order valence-corrected chi connectivity index (χ3v) is 5.57. The highest BCUT2D eigenvalue weighted by Crippen LogP contribution is 2.30. The first-order chi connectivity index (χ1) is 13.0. The van der Waals surface area contributed by atoms with Crippen LogP contribution in [-0.4, -0.2) is 28.9 Å². The number of hydrogen-bond acceptors (Lipinski definition) is 6. The second-order valence-corrected chi connectivity index (χ2v) is 7.76. The zero-order chi connectivity index (χ0) is 19.0. The van der Waals surface area contributed by atoms with Crippen LogP contribution in [0.5, 0.6) is 0 Å². The molecule has 0 unspecified atom stereocenters. The average Bonchev–Trinajstić information content (AvgIpc) is 3.29. The summed E-state index contributed by atoms with van der Waals surface area (Å²) in [5.74, 6) is -0.346. The molecule has 27 heavy (non-hydrogen) atoms. The molecule has 0 bridgehead atoms. The van der Waals surface area contributed by atoms with Crippen molar-refractivity contribution < 1.29 is 9.72 Å². The maximum atomic E-state index is 12.9. The molecule has 1 fully saturated rings. The summed E-state index contributed by atoms with van der Waals surface area (Å²) in [5, 5.41) is 15.0. The lowest BCUT2D eigenvalue weighted by Crippen LogP contribution is -2.23. The van der Waals surface area contributed by atoms with E-state index < -0.39 is 4.92 Å². The zero-order valence-electron chi connectivity index (χ0n) is 14.8. The number of non-ortho nitro benzene ring substituents is 1. The summed E-state index contributed by atoms with van der Waals surface area (Å²) in [6, 6.07) is 10.0. The number of thiazole rings is 1. The van der Waals surface area contributed by atoms with E-state index in [9.17, 15) is 14.9 Å². The predicted molar refractivity (Wildman–Crippen MR) is 107 cm³/mol. The van der Waals surface area contributed by atoms with E-state index in [1.165, 1.54) is 12.1 Å². The summed E-state index contributed by atoms with van der Waals surface area (Å²) in [6.07, 6.45) is 2.11. The van der Waals surface area contributed by atoms with Crippen LogP contribution >= 0.6 is 11.3 Å². The summed E-state index contributed by atoms with van der Waals surface area (Å²) >= 11 is 1.56. The Bertz CT molecular complexity index is 1040. The van der Waals surface area contributed by atoms with Crippen LogP contribution in [0.2, 0.25) is 0 Å². The standard InChI is InChI=1S/C19H18N4O3S/c1-12-20-16-6-4-13(10-18(16)27-12)21-19(24)15-11-14(23(25)26)5-7-17(15)22-8-2-3-9-22/h4-7,10-11H,2-3,8-9H2,1H3,(H,21,24). The molecule has 4 rings (SSSR count). The van der Waals surface area contributed by atoms with E-state index in [4.69, 9.17) is 0 Å². The number of rotatable bonds is 4. The molecule has 1 aromatic heterocycles. The maximum absolute atomic E-state index is 12.9. The predicted octanol–water partition coefficient (Wildman–Crippen LogP) is 4.37. The van der Waals surface area contributed by atoms with Crippen molar-refractivity contribution in [2.45, 2.75) is 19.8 Å². The summed E-state index contributed by atoms with van der Waals surface area (Å²) in [5.41, 5.74) is 2.52. The Kier molecular flexibility index (Phi) is 4.49. The Morgan fingerprint density at radius 2 is 2.00 bits per heavy atom. The van der Waals surface area contributed by atoms with Crippen LogP contribution in [-0.2, 0) is 0 Å². The zero-order valence-corrected chi connectivity index (χ0v) is 15.6. The highest BCUT2D eigenvalue weighted by atomic mass is 32.1. The van der Waals surface area contributed by atoms with Crippen molar-refractivity contribution >= 4 is 44.5 Å². The Labute approximate surface area is 159 Å². The average molecular weight is 382 g/mol. The van der Waals surface area contributed by atoms with Gasteiger partial charge in [0.2, 0.25) is 0 Å². The smallest absolute Gasteiger partial charge is 0.270 e. The number of fused-ring (bicyclic) bond motifs is 1. The van der Waals surface area contributed by atoms with Crippen molar-refractivity contribution in [2.24, 2.45) is 0 Å². The summed E-state index contributed by atoms with van der Waals surface area (Å²) in [7, 11) is 0. The number of aromatic nitrogens is 1. The number of carbonyl (C=O) groups is 1. The van der Waals surface area contributed by atoms with Crippen molar-refractivity contribution in [1.29, 1.82) is 0 Å². The van der Waals surface area contributed by atoms with E-state index in [1.54, 1.807) is 23.5 Å². The molecule has 2 aromatic carbocycles. The first-order valence-electron chi connectivity index (χ1n) is 8.73. The van der Waals surface area contributed by atoms with Gasteiger partial charge in [-0.3, -0.25) is 14.9 Å². The molecule has 3 aromatic rings. The Balaban J connectivity index is 1.67. The largest absolute Gasteiger partial charge is 0.371 e. The van der Waals surface area contributed by atoms with Gasteiger partial charge in [0.25, 0.3) is 11.6 Å². The lowest BCUT2D eigenvalue weighted by Gasteiger charge is -2.20. The van der Waals surface area contributed by atoms with Gasteiger partial charge in [-0.05, 0) is 44.0 Å². The van der Waals surface area contributed by atoms with Gasteiger partial charge in [0.1, 0.15) is 0 Å². The van der Waals surface area contributed by atoms with Crippen LogP contribution in [0.15, 0.2) is 36.4 Å². The Morgan fingerprint density at radius 3 is 2.74 bits per heavy atom. The summed E-state index contributed by atoms with van der Waals surface area (Å²) in [6.45, 7) is 3.64. The van der Waals surface area contributed by atoms with E-state index in [2.05, 4.69) is 15.2 Å². The van der Waals surface area contributed by atoms with E-state index in [0.717, 1.165) is 46.8 Å². The monoisotopic (exact) mass is 382 g/mol. The van der Waals surface area contributed by atoms with Gasteiger partial charge in [-0.1, -0.05) is 0 Å². The molecule has 1 saturated heterocycles. The van der Waals surface area contributed by atoms with E-state index in [1.807, 2.05) is 19.1 Å². The number of nitro groups is 1. The highest BCUT2D eigenvalue weighted by Gasteiger charge is 2.22. The van der Waals surface area contributed by atoms with Gasteiger partial charge < -0.3 is 10.2 Å². The molecule has 0 radical (unpaired) electrons. The van der Waals surface area contributed by atoms with E-state index in [-0.39, 0.29) is 11.6 Å². The van der Waals surface area contributed by atoms with Crippen LogP contribution in [0.4, 0.5) is 17.1 Å². The second-order valence-electron chi connectivity index (χ2n) is 6.52. The van der Waals surface area contributed by atoms with Gasteiger partial charge >= 0.3 is 0 Å². The normalized spacial score (nSPS) is 13.9. The van der Waals surface area contributed by atoms with E-state index in [0.29, 0.717) is 11.3 Å². The quantitative estimate of drug-likeness (QED) is 0.535. The van der Waals surface area contributed by atoms with Crippen molar-refractivity contribution in [1.82, 2.24) is 4.98 Å². The maximum Gasteiger partial charge on any atom is 0.270 e. The van der Waals surface area contributed by atoms with Gasteiger partial charge in [0, 0.05) is 30.9 Å². The molecule has 138 valence electrons.